The number of aryl methyl sites for hydroxylation is 1. The summed E-state index contributed by atoms with van der Waals surface area (Å²) >= 11 is 12.0. The third-order valence-corrected chi connectivity index (χ3v) is 4.73. The van der Waals surface area contributed by atoms with E-state index in [9.17, 15) is 4.79 Å². The average Bonchev–Trinajstić information content (AvgIpc) is 2.73. The van der Waals surface area contributed by atoms with Crippen LogP contribution in [-0.4, -0.2) is 18.7 Å². The van der Waals surface area contributed by atoms with Crippen molar-refractivity contribution < 1.29 is 14.3 Å². The first-order valence-electron chi connectivity index (χ1n) is 9.18. The second-order valence-electron chi connectivity index (χ2n) is 6.44. The largest absolute Gasteiger partial charge is 0.489 e. The van der Waals surface area contributed by atoms with E-state index in [4.69, 9.17) is 32.7 Å². The molecule has 0 bridgehead atoms. The third kappa shape index (κ3) is 6.51. The molecule has 5 nitrogen and oxygen atoms in total. The van der Waals surface area contributed by atoms with Gasteiger partial charge in [0.2, 0.25) is 0 Å². The van der Waals surface area contributed by atoms with Gasteiger partial charge in [-0.25, -0.2) is 5.43 Å². The monoisotopic (exact) mass is 442 g/mol. The van der Waals surface area contributed by atoms with Crippen LogP contribution in [0.2, 0.25) is 10.0 Å². The van der Waals surface area contributed by atoms with Crippen LogP contribution in [0.1, 0.15) is 16.7 Å². The number of nitrogens with one attached hydrogen (secondary N) is 1. The third-order valence-electron chi connectivity index (χ3n) is 4.14. The maximum Gasteiger partial charge on any atom is 0.277 e. The van der Waals surface area contributed by atoms with Crippen molar-refractivity contribution in [1.82, 2.24) is 5.43 Å². The number of nitrogens with zero attached hydrogens (tertiary/aromatic N) is 1. The van der Waals surface area contributed by atoms with Crippen LogP contribution >= 0.6 is 23.2 Å². The van der Waals surface area contributed by atoms with E-state index in [1.807, 2.05) is 61.5 Å². The summed E-state index contributed by atoms with van der Waals surface area (Å²) in [6, 6.07) is 20.1. The number of ether oxygens (including phenoxy) is 2. The van der Waals surface area contributed by atoms with Gasteiger partial charge in [-0.3, -0.25) is 4.79 Å². The van der Waals surface area contributed by atoms with Gasteiger partial charge in [-0.15, -0.1) is 0 Å². The van der Waals surface area contributed by atoms with Crippen LogP contribution in [0.4, 0.5) is 0 Å². The molecule has 7 heteroatoms. The number of para-hydroxylation sites is 1. The maximum absolute atomic E-state index is 11.9. The van der Waals surface area contributed by atoms with Gasteiger partial charge in [-0.1, -0.05) is 47.5 Å². The molecule has 3 rings (SSSR count). The molecule has 0 aromatic heterocycles. The molecule has 0 heterocycles. The molecule has 0 saturated heterocycles. The minimum atomic E-state index is -0.339. The zero-order valence-corrected chi connectivity index (χ0v) is 17.8. The highest BCUT2D eigenvalue weighted by molar-refractivity contribution is 6.35. The fraction of sp³-hybridized carbons (Fsp3) is 0.130. The Balaban J connectivity index is 1.45. The van der Waals surface area contributed by atoms with E-state index in [-0.39, 0.29) is 12.5 Å². The summed E-state index contributed by atoms with van der Waals surface area (Å²) in [5.41, 5.74) is 5.07. The summed E-state index contributed by atoms with van der Waals surface area (Å²) in [4.78, 5) is 11.9. The van der Waals surface area contributed by atoms with Gasteiger partial charge in [-0.05, 0) is 60.5 Å². The summed E-state index contributed by atoms with van der Waals surface area (Å²) in [6.07, 6.45) is 1.55. The summed E-state index contributed by atoms with van der Waals surface area (Å²) in [6.45, 7) is 2.14. The second kappa shape index (κ2) is 10.7. The Morgan fingerprint density at radius 1 is 1.03 bits per heavy atom. The lowest BCUT2D eigenvalue weighted by Crippen LogP contribution is -2.24. The minimum Gasteiger partial charge on any atom is -0.489 e. The van der Waals surface area contributed by atoms with Crippen LogP contribution in [-0.2, 0) is 11.4 Å². The van der Waals surface area contributed by atoms with Crippen molar-refractivity contribution in [2.45, 2.75) is 13.5 Å². The van der Waals surface area contributed by atoms with Crippen molar-refractivity contribution in [2.24, 2.45) is 5.10 Å². The number of carbonyl (C=O) groups is 1. The molecule has 30 heavy (non-hydrogen) atoms. The van der Waals surface area contributed by atoms with E-state index >= 15 is 0 Å². The van der Waals surface area contributed by atoms with Crippen LogP contribution in [0, 0.1) is 6.92 Å². The molecule has 0 aliphatic heterocycles. The molecular formula is C23H20Cl2N2O3. The lowest BCUT2D eigenvalue weighted by molar-refractivity contribution is -0.123. The Kier molecular flexibility index (Phi) is 7.71. The Morgan fingerprint density at radius 3 is 2.53 bits per heavy atom. The van der Waals surface area contributed by atoms with Crippen LogP contribution in [0.25, 0.3) is 0 Å². The SMILES string of the molecule is Cc1ccccc1OCC(=O)N/N=C\c1ccc(OCc2ccc(Cl)cc2Cl)cc1. The molecule has 0 unspecified atom stereocenters. The summed E-state index contributed by atoms with van der Waals surface area (Å²) in [5, 5.41) is 5.09. The molecule has 0 atom stereocenters. The van der Waals surface area contributed by atoms with E-state index in [1.165, 1.54) is 0 Å². The Bertz CT molecular complexity index is 1040. The van der Waals surface area contributed by atoms with Crippen molar-refractivity contribution in [3.8, 4) is 11.5 Å². The van der Waals surface area contributed by atoms with E-state index < -0.39 is 0 Å². The van der Waals surface area contributed by atoms with Crippen molar-refractivity contribution in [3.05, 3.63) is 93.5 Å². The number of hydrogen-bond acceptors (Lipinski definition) is 4. The van der Waals surface area contributed by atoms with Crippen LogP contribution in [0.3, 0.4) is 0 Å². The van der Waals surface area contributed by atoms with Gasteiger partial charge in [0, 0.05) is 15.6 Å². The van der Waals surface area contributed by atoms with Gasteiger partial charge in [0.1, 0.15) is 18.1 Å². The van der Waals surface area contributed by atoms with Crippen molar-refractivity contribution in [2.75, 3.05) is 6.61 Å². The first-order chi connectivity index (χ1) is 14.5. The summed E-state index contributed by atoms with van der Waals surface area (Å²) in [5.74, 6) is 1.02. The Labute approximate surface area is 185 Å². The highest BCUT2D eigenvalue weighted by atomic mass is 35.5. The molecule has 0 aliphatic carbocycles. The Morgan fingerprint density at radius 2 is 1.80 bits per heavy atom. The normalized spacial score (nSPS) is 10.8. The molecule has 0 spiro atoms. The van der Waals surface area contributed by atoms with Gasteiger partial charge in [0.25, 0.3) is 5.91 Å². The van der Waals surface area contributed by atoms with Crippen molar-refractivity contribution >= 4 is 35.3 Å². The van der Waals surface area contributed by atoms with Gasteiger partial charge in [-0.2, -0.15) is 5.10 Å². The van der Waals surface area contributed by atoms with Gasteiger partial charge >= 0.3 is 0 Å². The predicted molar refractivity (Wildman–Crippen MR) is 120 cm³/mol. The zero-order chi connectivity index (χ0) is 21.3. The number of hydrogen-bond donors (Lipinski definition) is 1. The molecule has 0 aliphatic rings. The molecule has 3 aromatic carbocycles. The lowest BCUT2D eigenvalue weighted by Gasteiger charge is -2.08. The molecule has 0 fully saturated rings. The van der Waals surface area contributed by atoms with Crippen molar-refractivity contribution in [3.63, 3.8) is 0 Å². The number of carbonyl (C=O) groups excluding carboxylic acids is 1. The average molecular weight is 443 g/mol. The summed E-state index contributed by atoms with van der Waals surface area (Å²) < 4.78 is 11.2. The van der Waals surface area contributed by atoms with Crippen LogP contribution < -0.4 is 14.9 Å². The molecule has 1 amide bonds. The molecule has 0 saturated carbocycles. The van der Waals surface area contributed by atoms with Gasteiger partial charge in [0.15, 0.2) is 6.61 Å². The molecule has 0 radical (unpaired) electrons. The minimum absolute atomic E-state index is 0.109. The van der Waals surface area contributed by atoms with Crippen LogP contribution in [0.5, 0.6) is 11.5 Å². The number of amides is 1. The smallest absolute Gasteiger partial charge is 0.277 e. The van der Waals surface area contributed by atoms with E-state index in [0.717, 1.165) is 16.7 Å². The fourth-order valence-electron chi connectivity index (χ4n) is 2.52. The fourth-order valence-corrected chi connectivity index (χ4v) is 2.99. The number of benzene rings is 3. The molecular weight excluding hydrogens is 423 g/mol. The van der Waals surface area contributed by atoms with E-state index in [1.54, 1.807) is 18.3 Å². The molecule has 1 N–H and O–H groups in total. The highest BCUT2D eigenvalue weighted by Gasteiger charge is 2.04. The predicted octanol–water partition coefficient (Wildman–Crippen LogP) is 5.41. The number of rotatable bonds is 8. The van der Waals surface area contributed by atoms with E-state index in [2.05, 4.69) is 10.5 Å². The summed E-state index contributed by atoms with van der Waals surface area (Å²) in [7, 11) is 0. The highest BCUT2D eigenvalue weighted by Crippen LogP contribution is 2.22. The standard InChI is InChI=1S/C23H20Cl2N2O3/c1-16-4-2-3-5-22(16)30-15-23(28)27-26-13-17-6-10-20(11-7-17)29-14-18-8-9-19(24)12-21(18)25/h2-13H,14-15H2,1H3,(H,27,28)/b26-13-. The first-order valence-corrected chi connectivity index (χ1v) is 9.94. The van der Waals surface area contributed by atoms with E-state index in [0.29, 0.717) is 28.2 Å². The molecule has 3 aromatic rings. The quantitative estimate of drug-likeness (QED) is 0.374. The maximum atomic E-state index is 11.9. The number of hydrazone groups is 1. The molecule has 154 valence electrons. The number of halogens is 2. The van der Waals surface area contributed by atoms with Gasteiger partial charge < -0.3 is 9.47 Å². The topological polar surface area (TPSA) is 59.9 Å². The van der Waals surface area contributed by atoms with Gasteiger partial charge in [0.05, 0.1) is 6.21 Å². The lowest BCUT2D eigenvalue weighted by atomic mass is 10.2. The Hall–Kier alpha value is -3.02. The van der Waals surface area contributed by atoms with Crippen molar-refractivity contribution in [1.29, 1.82) is 0 Å². The zero-order valence-electron chi connectivity index (χ0n) is 16.3. The van der Waals surface area contributed by atoms with Crippen LogP contribution in [0.15, 0.2) is 71.8 Å². The second-order valence-corrected chi connectivity index (χ2v) is 7.28. The first kappa shape index (κ1) is 21.7.